The average Bonchev–Trinajstić information content (AvgIpc) is 2.81. The molecule has 5 atom stereocenters. The van der Waals surface area contributed by atoms with Gasteiger partial charge in [-0.05, 0) is 25.4 Å². The summed E-state index contributed by atoms with van der Waals surface area (Å²) < 4.78 is 16.9. The molecule has 11 heteroatoms. The maximum Gasteiger partial charge on any atom is 0.303 e. The van der Waals surface area contributed by atoms with Crippen LogP contribution in [0, 0.1) is 0 Å². The lowest BCUT2D eigenvalue weighted by Crippen LogP contribution is -2.49. The number of aromatic hydroxyl groups is 2. The molecule has 0 amide bonds. The molecule has 0 saturated carbocycles. The summed E-state index contributed by atoms with van der Waals surface area (Å²) >= 11 is 0. The van der Waals surface area contributed by atoms with Gasteiger partial charge in [-0.15, -0.1) is 0 Å². The minimum Gasteiger partial charge on any atom is -0.507 e. The zero-order valence-corrected chi connectivity index (χ0v) is 19.2. The summed E-state index contributed by atoms with van der Waals surface area (Å²) in [5, 5.41) is 25.3. The number of fused-ring (bicyclic) bond motifs is 2. The van der Waals surface area contributed by atoms with Crippen molar-refractivity contribution in [3.63, 3.8) is 0 Å². The second kappa shape index (κ2) is 9.38. The summed E-state index contributed by atoms with van der Waals surface area (Å²) in [6.45, 7) is 4.44. The molecule has 182 valence electrons. The van der Waals surface area contributed by atoms with E-state index in [0.717, 1.165) is 0 Å². The largest absolute Gasteiger partial charge is 0.507 e. The molecule has 1 aliphatic heterocycles. The van der Waals surface area contributed by atoms with Crippen LogP contribution in [0.5, 0.6) is 11.5 Å². The van der Waals surface area contributed by atoms with Gasteiger partial charge in [0.1, 0.15) is 17.6 Å². The third-order valence-corrected chi connectivity index (χ3v) is 6.12. The van der Waals surface area contributed by atoms with Crippen LogP contribution in [0.15, 0.2) is 35.4 Å². The van der Waals surface area contributed by atoms with Gasteiger partial charge in [0.2, 0.25) is 0 Å². The van der Waals surface area contributed by atoms with E-state index in [2.05, 4.69) is 10.0 Å². The lowest BCUT2D eigenvalue weighted by molar-refractivity contribution is -0.243. The van der Waals surface area contributed by atoms with Gasteiger partial charge in [0.05, 0.1) is 29.4 Å². The molecule has 0 bridgehead atoms. The van der Waals surface area contributed by atoms with E-state index in [1.807, 2.05) is 0 Å². The molecule has 0 aromatic heterocycles. The summed E-state index contributed by atoms with van der Waals surface area (Å²) in [7, 11) is 0. The van der Waals surface area contributed by atoms with Gasteiger partial charge in [-0.1, -0.05) is 29.4 Å². The Kier molecular flexibility index (Phi) is 6.49. The molecule has 0 spiro atoms. The van der Waals surface area contributed by atoms with Gasteiger partial charge in [-0.25, -0.2) is 0 Å². The molecule has 2 aromatic rings. The number of hydrogen-bond acceptors (Lipinski definition) is 9. The Balaban J connectivity index is 1.63. The van der Waals surface area contributed by atoms with E-state index >= 15 is 0 Å². The fourth-order valence-corrected chi connectivity index (χ4v) is 4.54. The molecule has 1 aliphatic carbocycles. The van der Waals surface area contributed by atoms with Gasteiger partial charge >= 0.3 is 5.97 Å². The number of carbonyl (C=O) groups excluding carboxylic acids is 3. The number of azide groups is 1. The maximum atomic E-state index is 13.1. The standard InChI is InChI=1S/C24H23N3O8/c1-10(33-18-9-16(26-27-25)24(11(2)34-18)35-12(3)28)15-8-17(29)19-20(23(15)32)22(31)14-7-5-4-6-13(14)21(19)30/h4-8,10-11,16,18,24,29,32H,9H2,1-3H3/t10-,11-,16-,18+,24-/m0/s1. The smallest absolute Gasteiger partial charge is 0.303 e. The Bertz CT molecular complexity index is 1270. The fraction of sp³-hybridized carbons (Fsp3) is 0.375. The lowest BCUT2D eigenvalue weighted by Gasteiger charge is -2.38. The van der Waals surface area contributed by atoms with Crippen molar-refractivity contribution in [2.24, 2.45) is 5.11 Å². The van der Waals surface area contributed by atoms with Crippen LogP contribution >= 0.6 is 0 Å². The van der Waals surface area contributed by atoms with Gasteiger partial charge in [0.25, 0.3) is 0 Å². The third-order valence-electron chi connectivity index (χ3n) is 6.12. The predicted molar refractivity (Wildman–Crippen MR) is 120 cm³/mol. The molecule has 1 fully saturated rings. The monoisotopic (exact) mass is 481 g/mol. The van der Waals surface area contributed by atoms with Crippen LogP contribution < -0.4 is 0 Å². The first-order valence-electron chi connectivity index (χ1n) is 10.9. The lowest BCUT2D eigenvalue weighted by atomic mass is 9.81. The number of esters is 1. The van der Waals surface area contributed by atoms with Crippen LogP contribution in [0.2, 0.25) is 0 Å². The van der Waals surface area contributed by atoms with E-state index in [-0.39, 0.29) is 34.2 Å². The highest BCUT2D eigenvalue weighted by Gasteiger charge is 2.40. The van der Waals surface area contributed by atoms with Gasteiger partial charge < -0.3 is 24.4 Å². The number of nitrogens with zero attached hydrogens (tertiary/aromatic N) is 3. The molecule has 2 aliphatic rings. The van der Waals surface area contributed by atoms with Crippen molar-refractivity contribution in [3.05, 3.63) is 68.6 Å². The van der Waals surface area contributed by atoms with E-state index in [9.17, 15) is 24.6 Å². The van der Waals surface area contributed by atoms with Crippen molar-refractivity contribution in [2.45, 2.75) is 57.8 Å². The molecular formula is C24H23N3O8. The third kappa shape index (κ3) is 4.32. The average molecular weight is 481 g/mol. The molecule has 2 aromatic carbocycles. The minimum atomic E-state index is -0.919. The van der Waals surface area contributed by atoms with Crippen molar-refractivity contribution >= 4 is 17.5 Å². The van der Waals surface area contributed by atoms with Crippen LogP contribution in [-0.2, 0) is 19.0 Å². The Morgan fingerprint density at radius 1 is 1.20 bits per heavy atom. The highest BCUT2D eigenvalue weighted by molar-refractivity contribution is 6.30. The second-order valence-corrected chi connectivity index (χ2v) is 8.42. The van der Waals surface area contributed by atoms with Crippen molar-refractivity contribution in [1.82, 2.24) is 0 Å². The van der Waals surface area contributed by atoms with E-state index < -0.39 is 59.7 Å². The molecule has 1 saturated heterocycles. The van der Waals surface area contributed by atoms with Crippen molar-refractivity contribution in [2.75, 3.05) is 0 Å². The highest BCUT2D eigenvalue weighted by atomic mass is 16.7. The van der Waals surface area contributed by atoms with Crippen molar-refractivity contribution in [3.8, 4) is 11.5 Å². The molecule has 11 nitrogen and oxygen atoms in total. The van der Waals surface area contributed by atoms with Gasteiger partial charge in [-0.2, -0.15) is 0 Å². The number of ether oxygens (including phenoxy) is 3. The second-order valence-electron chi connectivity index (χ2n) is 8.42. The molecule has 4 rings (SSSR count). The first-order chi connectivity index (χ1) is 16.6. The minimum absolute atomic E-state index is 0.0547. The summed E-state index contributed by atoms with van der Waals surface area (Å²) in [6.07, 6.45) is -3.23. The molecule has 1 heterocycles. The van der Waals surface area contributed by atoms with Crippen LogP contribution in [-0.4, -0.2) is 52.3 Å². The molecule has 0 unspecified atom stereocenters. The summed E-state index contributed by atoms with van der Waals surface area (Å²) in [5.41, 5.74) is 8.70. The number of benzene rings is 2. The Labute approximate surface area is 199 Å². The van der Waals surface area contributed by atoms with E-state index in [1.165, 1.54) is 25.1 Å². The Hall–Kier alpha value is -3.92. The SMILES string of the molecule is CC(=O)O[C@@H]1[C@@H](N=[N+]=[N-])C[C@H](O[C@@H](C)c2cc(O)c3c(c2O)C(=O)c2ccccc2C3=O)O[C@H]1C. The topological polar surface area (TPSA) is 168 Å². The zero-order valence-electron chi connectivity index (χ0n) is 19.2. The van der Waals surface area contributed by atoms with E-state index in [4.69, 9.17) is 19.7 Å². The first kappa shape index (κ1) is 24.2. The summed E-state index contributed by atoms with van der Waals surface area (Å²) in [5.74, 6) is -2.65. The molecule has 0 radical (unpaired) electrons. The van der Waals surface area contributed by atoms with E-state index in [0.29, 0.717) is 0 Å². The van der Waals surface area contributed by atoms with E-state index in [1.54, 1.807) is 26.0 Å². The fourth-order valence-electron chi connectivity index (χ4n) is 4.54. The van der Waals surface area contributed by atoms with Gasteiger partial charge in [-0.3, -0.25) is 14.4 Å². The maximum absolute atomic E-state index is 13.1. The normalized spacial score (nSPS) is 24.1. The Morgan fingerprint density at radius 2 is 1.83 bits per heavy atom. The van der Waals surface area contributed by atoms with Crippen LogP contribution in [0.25, 0.3) is 10.4 Å². The Morgan fingerprint density at radius 3 is 2.43 bits per heavy atom. The highest BCUT2D eigenvalue weighted by Crippen LogP contribution is 2.43. The van der Waals surface area contributed by atoms with Crippen LogP contribution in [0.1, 0.15) is 70.7 Å². The number of ketones is 2. The molecule has 2 N–H and O–H groups in total. The first-order valence-corrected chi connectivity index (χ1v) is 10.9. The number of phenolic OH excluding ortho intramolecular Hbond substituents is 2. The quantitative estimate of drug-likeness (QED) is 0.183. The number of carbonyl (C=O) groups is 3. The van der Waals surface area contributed by atoms with Crippen molar-refractivity contribution in [1.29, 1.82) is 0 Å². The number of hydrogen-bond donors (Lipinski definition) is 2. The van der Waals surface area contributed by atoms with Crippen molar-refractivity contribution < 1.29 is 38.8 Å². The summed E-state index contributed by atoms with van der Waals surface area (Å²) in [6, 6.07) is 6.60. The van der Waals surface area contributed by atoms with Gasteiger partial charge in [0.15, 0.2) is 17.9 Å². The van der Waals surface area contributed by atoms with Crippen LogP contribution in [0.3, 0.4) is 0 Å². The number of phenols is 2. The zero-order chi connectivity index (χ0) is 25.4. The van der Waals surface area contributed by atoms with Gasteiger partial charge in [0, 0.05) is 34.9 Å². The predicted octanol–water partition coefficient (Wildman–Crippen LogP) is 3.70. The molecular weight excluding hydrogens is 458 g/mol. The number of rotatable bonds is 5. The molecule has 35 heavy (non-hydrogen) atoms. The summed E-state index contributed by atoms with van der Waals surface area (Å²) in [4.78, 5) is 40.2. The van der Waals surface area contributed by atoms with Crippen LogP contribution in [0.4, 0.5) is 0 Å².